The number of amides is 1. The third kappa shape index (κ3) is 4.46. The molecule has 0 bridgehead atoms. The summed E-state index contributed by atoms with van der Waals surface area (Å²) in [7, 11) is 0. The van der Waals surface area contributed by atoms with E-state index in [-0.39, 0.29) is 18.0 Å². The van der Waals surface area contributed by atoms with Gasteiger partial charge >= 0.3 is 0 Å². The number of nitrogens with one attached hydrogen (secondary N) is 1. The van der Waals surface area contributed by atoms with Gasteiger partial charge in [-0.05, 0) is 24.3 Å². The predicted molar refractivity (Wildman–Crippen MR) is 110 cm³/mol. The second-order valence-electron chi connectivity index (χ2n) is 5.98. The number of carbonyl (C=O) groups is 1. The predicted octanol–water partition coefficient (Wildman–Crippen LogP) is 3.83. The minimum Gasteiger partial charge on any atom is -0.324 e. The lowest BCUT2D eigenvalue weighted by atomic mass is 10.1. The lowest BCUT2D eigenvalue weighted by Gasteiger charge is -2.13. The first kappa shape index (κ1) is 18.9. The summed E-state index contributed by atoms with van der Waals surface area (Å²) in [6.07, 6.45) is 2.66. The van der Waals surface area contributed by atoms with E-state index in [4.69, 9.17) is 0 Å². The number of thioether (sulfide) groups is 1. The molecule has 0 saturated carbocycles. The van der Waals surface area contributed by atoms with Crippen molar-refractivity contribution in [2.45, 2.75) is 25.0 Å². The zero-order valence-corrected chi connectivity index (χ0v) is 16.1. The second kappa shape index (κ2) is 8.68. The topological polar surface area (TPSA) is 64.0 Å². The number of rotatable bonds is 6. The van der Waals surface area contributed by atoms with Crippen molar-refractivity contribution < 1.29 is 4.79 Å². The van der Waals surface area contributed by atoms with Crippen LogP contribution in [-0.2, 0) is 17.8 Å². The number of benzene rings is 2. The summed E-state index contributed by atoms with van der Waals surface area (Å²) < 4.78 is 1.40. The van der Waals surface area contributed by atoms with E-state index in [1.54, 1.807) is 0 Å². The van der Waals surface area contributed by atoms with Crippen molar-refractivity contribution >= 4 is 23.4 Å². The minimum atomic E-state index is -0.248. The van der Waals surface area contributed by atoms with Crippen molar-refractivity contribution in [1.29, 1.82) is 0 Å². The Bertz CT molecular complexity index is 1000. The first-order valence-corrected chi connectivity index (χ1v) is 9.94. The molecule has 1 aromatic heterocycles. The summed E-state index contributed by atoms with van der Waals surface area (Å²) >= 11 is 1.35. The molecule has 0 fully saturated rings. The Morgan fingerprint density at radius 3 is 2.52 bits per heavy atom. The van der Waals surface area contributed by atoms with Crippen molar-refractivity contribution in [3.8, 4) is 11.3 Å². The monoisotopic (exact) mass is 379 g/mol. The molecule has 2 aromatic carbocycles. The number of aryl methyl sites for hydroxylation is 1. The van der Waals surface area contributed by atoms with Crippen LogP contribution in [0.15, 0.2) is 70.6 Å². The van der Waals surface area contributed by atoms with E-state index in [0.717, 1.165) is 23.2 Å². The molecule has 0 spiro atoms. The Balaban J connectivity index is 1.86. The SMILES string of the molecule is CCc1ccccc1NC(=O)Cn1c(SC)nc(-c2ccccc2)cc1=O. The van der Waals surface area contributed by atoms with Crippen molar-refractivity contribution in [3.63, 3.8) is 0 Å². The lowest BCUT2D eigenvalue weighted by molar-refractivity contribution is -0.116. The van der Waals surface area contributed by atoms with E-state index in [0.29, 0.717) is 10.9 Å². The molecule has 1 amide bonds. The Morgan fingerprint density at radius 1 is 1.11 bits per heavy atom. The summed E-state index contributed by atoms with van der Waals surface area (Å²) in [6, 6.07) is 18.7. The average Bonchev–Trinajstić information content (AvgIpc) is 2.70. The first-order chi connectivity index (χ1) is 13.1. The van der Waals surface area contributed by atoms with Gasteiger partial charge in [-0.15, -0.1) is 0 Å². The fourth-order valence-corrected chi connectivity index (χ4v) is 3.39. The van der Waals surface area contributed by atoms with E-state index in [2.05, 4.69) is 10.3 Å². The highest BCUT2D eigenvalue weighted by Gasteiger charge is 2.13. The smallest absolute Gasteiger partial charge is 0.255 e. The molecule has 0 saturated heterocycles. The molecule has 27 heavy (non-hydrogen) atoms. The Kier molecular flexibility index (Phi) is 6.08. The number of anilines is 1. The largest absolute Gasteiger partial charge is 0.324 e. The van der Waals surface area contributed by atoms with Gasteiger partial charge in [0.1, 0.15) is 6.54 Å². The van der Waals surface area contributed by atoms with Gasteiger partial charge in [-0.3, -0.25) is 14.2 Å². The van der Waals surface area contributed by atoms with Crippen LogP contribution in [0.3, 0.4) is 0 Å². The third-order valence-electron chi connectivity index (χ3n) is 4.20. The fraction of sp³-hybridized carbons (Fsp3) is 0.190. The van der Waals surface area contributed by atoms with E-state index in [1.807, 2.05) is 67.8 Å². The maximum absolute atomic E-state index is 12.6. The average molecular weight is 379 g/mol. The number of para-hydroxylation sites is 1. The summed E-state index contributed by atoms with van der Waals surface area (Å²) in [5, 5.41) is 3.41. The van der Waals surface area contributed by atoms with E-state index < -0.39 is 0 Å². The lowest BCUT2D eigenvalue weighted by Crippen LogP contribution is -2.29. The Hall–Kier alpha value is -2.86. The molecule has 0 aliphatic rings. The summed E-state index contributed by atoms with van der Waals surface area (Å²) in [4.78, 5) is 29.7. The zero-order valence-electron chi connectivity index (χ0n) is 15.3. The molecular formula is C21H21N3O2S. The zero-order chi connectivity index (χ0) is 19.2. The normalized spacial score (nSPS) is 10.6. The van der Waals surface area contributed by atoms with E-state index >= 15 is 0 Å². The molecule has 6 heteroatoms. The molecule has 1 N–H and O–H groups in total. The molecule has 0 atom stereocenters. The van der Waals surface area contributed by atoms with Gasteiger partial charge < -0.3 is 5.32 Å². The molecule has 3 rings (SSSR count). The summed E-state index contributed by atoms with van der Waals surface area (Å²) in [5.41, 5.74) is 3.07. The maximum Gasteiger partial charge on any atom is 0.255 e. The number of carbonyl (C=O) groups excluding carboxylic acids is 1. The number of nitrogens with zero attached hydrogens (tertiary/aromatic N) is 2. The van der Waals surface area contributed by atoms with Gasteiger partial charge in [0.05, 0.1) is 5.69 Å². The van der Waals surface area contributed by atoms with Crippen LogP contribution >= 0.6 is 11.8 Å². The van der Waals surface area contributed by atoms with Gasteiger partial charge in [-0.1, -0.05) is 67.2 Å². The van der Waals surface area contributed by atoms with Gasteiger partial charge in [-0.25, -0.2) is 4.98 Å². The maximum atomic E-state index is 12.6. The van der Waals surface area contributed by atoms with Gasteiger partial charge in [0.15, 0.2) is 5.16 Å². The molecule has 0 radical (unpaired) electrons. The highest BCUT2D eigenvalue weighted by atomic mass is 32.2. The number of hydrogen-bond donors (Lipinski definition) is 1. The van der Waals surface area contributed by atoms with Crippen LogP contribution in [0.5, 0.6) is 0 Å². The van der Waals surface area contributed by atoms with Crippen molar-refractivity contribution in [2.24, 2.45) is 0 Å². The van der Waals surface area contributed by atoms with Crippen LogP contribution in [0.4, 0.5) is 5.69 Å². The van der Waals surface area contributed by atoms with Crippen molar-refractivity contribution in [3.05, 3.63) is 76.6 Å². The summed E-state index contributed by atoms with van der Waals surface area (Å²) in [6.45, 7) is 1.96. The van der Waals surface area contributed by atoms with Gasteiger partial charge in [0, 0.05) is 17.3 Å². The van der Waals surface area contributed by atoms with Gasteiger partial charge in [-0.2, -0.15) is 0 Å². The van der Waals surface area contributed by atoms with Crippen LogP contribution in [0.25, 0.3) is 11.3 Å². The molecule has 0 unspecified atom stereocenters. The molecule has 5 nitrogen and oxygen atoms in total. The Labute approximate surface area is 162 Å². The highest BCUT2D eigenvalue weighted by Crippen LogP contribution is 2.19. The van der Waals surface area contributed by atoms with Gasteiger partial charge in [0.25, 0.3) is 5.56 Å². The number of hydrogen-bond acceptors (Lipinski definition) is 4. The van der Waals surface area contributed by atoms with E-state index in [9.17, 15) is 9.59 Å². The van der Waals surface area contributed by atoms with Crippen LogP contribution in [0.2, 0.25) is 0 Å². The molecule has 1 heterocycles. The Morgan fingerprint density at radius 2 is 1.81 bits per heavy atom. The van der Waals surface area contributed by atoms with Crippen molar-refractivity contribution in [1.82, 2.24) is 9.55 Å². The first-order valence-electron chi connectivity index (χ1n) is 8.71. The van der Waals surface area contributed by atoms with Crippen LogP contribution in [-0.4, -0.2) is 21.7 Å². The van der Waals surface area contributed by atoms with Crippen LogP contribution in [0, 0.1) is 0 Å². The highest BCUT2D eigenvalue weighted by molar-refractivity contribution is 7.98. The molecule has 3 aromatic rings. The molecule has 0 aliphatic heterocycles. The summed E-state index contributed by atoms with van der Waals surface area (Å²) in [5.74, 6) is -0.248. The molecule has 138 valence electrons. The second-order valence-corrected chi connectivity index (χ2v) is 6.75. The van der Waals surface area contributed by atoms with Gasteiger partial charge in [0.2, 0.25) is 5.91 Å². The fourth-order valence-electron chi connectivity index (χ4n) is 2.83. The van der Waals surface area contributed by atoms with Crippen LogP contribution < -0.4 is 10.9 Å². The number of aromatic nitrogens is 2. The van der Waals surface area contributed by atoms with Crippen LogP contribution in [0.1, 0.15) is 12.5 Å². The van der Waals surface area contributed by atoms with E-state index in [1.165, 1.54) is 22.4 Å². The minimum absolute atomic E-state index is 0.0743. The molecule has 0 aliphatic carbocycles. The third-order valence-corrected chi connectivity index (χ3v) is 4.88. The van der Waals surface area contributed by atoms with Crippen molar-refractivity contribution in [2.75, 3.05) is 11.6 Å². The molecular weight excluding hydrogens is 358 g/mol. The quantitative estimate of drug-likeness (QED) is 0.522. The standard InChI is InChI=1S/C21H21N3O2S/c1-3-15-9-7-8-12-17(15)22-19(25)14-24-20(26)13-18(23-21(24)27-2)16-10-5-4-6-11-16/h4-13H,3,14H2,1-2H3,(H,22,25).